The largest absolute Gasteiger partial charge is 0.354 e. The maximum atomic E-state index is 14.0. The van der Waals surface area contributed by atoms with Crippen LogP contribution in [-0.2, 0) is 26.2 Å². The number of amides is 2. The summed E-state index contributed by atoms with van der Waals surface area (Å²) in [6.45, 7) is 9.70. The molecule has 9 heteroatoms. The molecule has 0 spiro atoms. The number of rotatable bonds is 12. The lowest BCUT2D eigenvalue weighted by atomic mass is 10.0. The zero-order chi connectivity index (χ0) is 29.4. The summed E-state index contributed by atoms with van der Waals surface area (Å²) in [5, 5.41) is 3.33. The van der Waals surface area contributed by atoms with E-state index in [1.165, 1.54) is 17.0 Å². The minimum atomic E-state index is -4.11. The lowest BCUT2D eigenvalue weighted by Crippen LogP contribution is -2.51. The highest BCUT2D eigenvalue weighted by Crippen LogP contribution is 2.27. The zero-order valence-corrected chi connectivity index (χ0v) is 25.2. The third kappa shape index (κ3) is 7.86. The van der Waals surface area contributed by atoms with Crippen LogP contribution in [0.2, 0.25) is 5.02 Å². The Kier molecular flexibility index (Phi) is 10.8. The van der Waals surface area contributed by atoms with Gasteiger partial charge in [-0.15, -0.1) is 0 Å². The molecule has 3 aromatic rings. The van der Waals surface area contributed by atoms with Crippen molar-refractivity contribution >= 4 is 39.1 Å². The van der Waals surface area contributed by atoms with E-state index in [2.05, 4.69) is 19.2 Å². The fourth-order valence-corrected chi connectivity index (χ4v) is 5.75. The molecule has 0 bridgehead atoms. The maximum Gasteiger partial charge on any atom is 0.264 e. The summed E-state index contributed by atoms with van der Waals surface area (Å²) in [5.74, 6) is -0.372. The van der Waals surface area contributed by atoms with Crippen LogP contribution in [-0.4, -0.2) is 44.3 Å². The lowest BCUT2D eigenvalue weighted by molar-refractivity contribution is -0.139. The number of nitrogens with zero attached hydrogens (tertiary/aromatic N) is 2. The van der Waals surface area contributed by atoms with Gasteiger partial charge in [-0.1, -0.05) is 87.8 Å². The van der Waals surface area contributed by atoms with Gasteiger partial charge in [0.15, 0.2) is 0 Å². The van der Waals surface area contributed by atoms with Crippen molar-refractivity contribution in [2.24, 2.45) is 5.92 Å². The first kappa shape index (κ1) is 31.2. The Morgan fingerprint density at radius 1 is 0.850 bits per heavy atom. The van der Waals surface area contributed by atoms with E-state index in [1.54, 1.807) is 61.5 Å². The van der Waals surface area contributed by atoms with Crippen LogP contribution in [0.1, 0.15) is 51.7 Å². The van der Waals surface area contributed by atoms with E-state index in [-0.39, 0.29) is 29.2 Å². The van der Waals surface area contributed by atoms with E-state index in [1.807, 2.05) is 26.0 Å². The molecular formula is C31H38ClN3O4S. The molecular weight excluding hydrogens is 546 g/mol. The van der Waals surface area contributed by atoms with Gasteiger partial charge in [-0.25, -0.2) is 8.42 Å². The first-order valence-electron chi connectivity index (χ1n) is 13.4. The van der Waals surface area contributed by atoms with Gasteiger partial charge >= 0.3 is 0 Å². The number of halogens is 1. The number of benzene rings is 3. The molecule has 0 saturated carbocycles. The quantitative estimate of drug-likeness (QED) is 0.290. The molecule has 0 aliphatic heterocycles. The Hall–Kier alpha value is -3.36. The van der Waals surface area contributed by atoms with Crippen molar-refractivity contribution in [1.29, 1.82) is 0 Å². The van der Waals surface area contributed by atoms with E-state index in [0.29, 0.717) is 22.8 Å². The van der Waals surface area contributed by atoms with Gasteiger partial charge in [0.2, 0.25) is 11.8 Å². The predicted octanol–water partition coefficient (Wildman–Crippen LogP) is 5.85. The van der Waals surface area contributed by atoms with Gasteiger partial charge in [-0.05, 0) is 60.2 Å². The van der Waals surface area contributed by atoms with Gasteiger partial charge in [0, 0.05) is 18.1 Å². The molecule has 0 saturated heterocycles. The molecule has 0 radical (unpaired) electrons. The summed E-state index contributed by atoms with van der Waals surface area (Å²) < 4.78 is 28.8. The van der Waals surface area contributed by atoms with Gasteiger partial charge in [0.1, 0.15) is 12.6 Å². The van der Waals surface area contributed by atoms with E-state index >= 15 is 0 Å². The van der Waals surface area contributed by atoms with Crippen molar-refractivity contribution in [2.45, 2.75) is 58.0 Å². The molecule has 0 aromatic heterocycles. The second-order valence-corrected chi connectivity index (χ2v) is 12.8. The third-order valence-corrected chi connectivity index (χ3v) is 8.76. The molecule has 0 fully saturated rings. The summed E-state index contributed by atoms with van der Waals surface area (Å²) in [7, 11) is -4.11. The van der Waals surface area contributed by atoms with Crippen LogP contribution in [0.4, 0.5) is 5.69 Å². The Morgan fingerprint density at radius 3 is 2.02 bits per heavy atom. The second-order valence-electron chi connectivity index (χ2n) is 10.5. The number of carbonyl (C=O) groups is 2. The van der Waals surface area contributed by atoms with E-state index < -0.39 is 28.5 Å². The van der Waals surface area contributed by atoms with E-state index in [0.717, 1.165) is 9.87 Å². The lowest BCUT2D eigenvalue weighted by Gasteiger charge is -2.32. The molecule has 3 aromatic carbocycles. The number of hydrogen-bond acceptors (Lipinski definition) is 4. The van der Waals surface area contributed by atoms with Crippen molar-refractivity contribution in [1.82, 2.24) is 10.2 Å². The molecule has 2 amide bonds. The molecule has 0 aliphatic rings. The highest BCUT2D eigenvalue weighted by atomic mass is 35.5. The van der Waals surface area contributed by atoms with E-state index in [9.17, 15) is 18.0 Å². The summed E-state index contributed by atoms with van der Waals surface area (Å²) in [6.07, 6.45) is 0. The number of sulfonamides is 1. The topological polar surface area (TPSA) is 86.8 Å². The summed E-state index contributed by atoms with van der Waals surface area (Å²) in [4.78, 5) is 28.5. The smallest absolute Gasteiger partial charge is 0.264 e. The first-order valence-corrected chi connectivity index (χ1v) is 15.2. The van der Waals surface area contributed by atoms with Crippen LogP contribution < -0.4 is 9.62 Å². The summed E-state index contributed by atoms with van der Waals surface area (Å²) in [5.41, 5.74) is 2.05. The Balaban J connectivity index is 2.02. The van der Waals surface area contributed by atoms with Crippen LogP contribution in [0.15, 0.2) is 83.8 Å². The van der Waals surface area contributed by atoms with Crippen molar-refractivity contribution in [3.63, 3.8) is 0 Å². The minimum absolute atomic E-state index is 0.0419. The Labute approximate surface area is 243 Å². The number of hydrogen-bond donors (Lipinski definition) is 1. The molecule has 0 heterocycles. The van der Waals surface area contributed by atoms with Crippen LogP contribution in [0.5, 0.6) is 0 Å². The average Bonchev–Trinajstić information content (AvgIpc) is 2.94. The second kappa shape index (κ2) is 13.8. The normalized spacial score (nSPS) is 12.3. The standard InChI is InChI=1S/C31H38ClN3O4S/c1-22(2)19-33-31(37)24(5)34(20-26-11-9-10-14-29(26)32)30(36)21-35(27-17-15-25(16-18-27)23(3)4)40(38,39)28-12-7-6-8-13-28/h6-18,22-24H,19-21H2,1-5H3,(H,33,37)/t24-/m0/s1. The van der Waals surface area contributed by atoms with Crippen LogP contribution in [0.25, 0.3) is 0 Å². The third-order valence-electron chi connectivity index (χ3n) is 6.61. The highest BCUT2D eigenvalue weighted by Gasteiger charge is 2.32. The number of carbonyl (C=O) groups excluding carboxylic acids is 2. The van der Waals surface area contributed by atoms with Gasteiger partial charge in [-0.2, -0.15) is 0 Å². The fraction of sp³-hybridized carbons (Fsp3) is 0.355. The SMILES string of the molecule is CC(C)CNC(=O)[C@H](C)N(Cc1ccccc1Cl)C(=O)CN(c1ccc(C(C)C)cc1)S(=O)(=O)c1ccccc1. The van der Waals surface area contributed by atoms with Crippen molar-refractivity contribution in [3.8, 4) is 0 Å². The molecule has 0 unspecified atom stereocenters. The van der Waals surface area contributed by atoms with Crippen molar-refractivity contribution < 1.29 is 18.0 Å². The van der Waals surface area contributed by atoms with E-state index in [4.69, 9.17) is 11.6 Å². The zero-order valence-electron chi connectivity index (χ0n) is 23.7. The highest BCUT2D eigenvalue weighted by molar-refractivity contribution is 7.92. The number of anilines is 1. The molecule has 40 heavy (non-hydrogen) atoms. The van der Waals surface area contributed by atoms with Gasteiger partial charge < -0.3 is 10.2 Å². The summed E-state index contributed by atoms with van der Waals surface area (Å²) in [6, 6.07) is 21.4. The minimum Gasteiger partial charge on any atom is -0.354 e. The van der Waals surface area contributed by atoms with Gasteiger partial charge in [0.05, 0.1) is 10.6 Å². The maximum absolute atomic E-state index is 14.0. The Morgan fingerprint density at radius 2 is 1.45 bits per heavy atom. The first-order chi connectivity index (χ1) is 18.9. The van der Waals surface area contributed by atoms with Crippen molar-refractivity contribution in [3.05, 3.63) is 95.0 Å². The van der Waals surface area contributed by atoms with Gasteiger partial charge in [-0.3, -0.25) is 13.9 Å². The fourth-order valence-electron chi connectivity index (χ4n) is 4.12. The van der Waals surface area contributed by atoms with Gasteiger partial charge in [0.25, 0.3) is 10.0 Å². The molecule has 1 atom stereocenters. The average molecular weight is 584 g/mol. The Bertz CT molecular complexity index is 1390. The molecule has 214 valence electrons. The molecule has 1 N–H and O–H groups in total. The molecule has 3 rings (SSSR count). The van der Waals surface area contributed by atoms with Crippen LogP contribution in [0.3, 0.4) is 0 Å². The monoisotopic (exact) mass is 583 g/mol. The van der Waals surface area contributed by atoms with Crippen molar-refractivity contribution in [2.75, 3.05) is 17.4 Å². The molecule has 7 nitrogen and oxygen atoms in total. The molecule has 0 aliphatic carbocycles. The van der Waals surface area contributed by atoms with Crippen LogP contribution in [0, 0.1) is 5.92 Å². The predicted molar refractivity (Wildman–Crippen MR) is 161 cm³/mol. The van der Waals surface area contributed by atoms with Crippen LogP contribution >= 0.6 is 11.6 Å². The number of nitrogens with one attached hydrogen (secondary N) is 1. The summed E-state index contributed by atoms with van der Waals surface area (Å²) >= 11 is 6.41.